The minimum Gasteiger partial charge on any atom is -0.497 e. The van der Waals surface area contributed by atoms with Gasteiger partial charge in [0.1, 0.15) is 23.4 Å². The molecule has 1 atom stereocenters. The third kappa shape index (κ3) is 6.45. The lowest BCUT2D eigenvalue weighted by atomic mass is 10.1. The molecule has 7 heteroatoms. The second kappa shape index (κ2) is 11.5. The standard InChI is InChI=1S/C25H31FN2O4/c1-3-23(25(30)27-20-6-4-5-7-20)28(16-18-8-12-21(31-2)13-9-18)24(29)17-32-22-14-10-19(26)11-15-22/h8-15,20,23H,3-7,16-17H2,1-2H3,(H,27,30)/t23-/m1/s1. The van der Waals surface area contributed by atoms with E-state index in [1.165, 1.54) is 24.3 Å². The van der Waals surface area contributed by atoms with Gasteiger partial charge in [0.2, 0.25) is 5.91 Å². The molecular formula is C25H31FN2O4. The van der Waals surface area contributed by atoms with Gasteiger partial charge < -0.3 is 19.7 Å². The first-order valence-electron chi connectivity index (χ1n) is 11.1. The Labute approximate surface area is 188 Å². The van der Waals surface area contributed by atoms with Crippen molar-refractivity contribution >= 4 is 11.8 Å². The van der Waals surface area contributed by atoms with Crippen LogP contribution in [0.1, 0.15) is 44.6 Å². The smallest absolute Gasteiger partial charge is 0.261 e. The number of nitrogens with one attached hydrogen (secondary N) is 1. The minimum atomic E-state index is -0.609. The van der Waals surface area contributed by atoms with E-state index in [9.17, 15) is 14.0 Å². The molecule has 2 aromatic carbocycles. The van der Waals surface area contributed by atoms with Crippen LogP contribution in [0.3, 0.4) is 0 Å². The van der Waals surface area contributed by atoms with Crippen LogP contribution >= 0.6 is 0 Å². The Morgan fingerprint density at radius 1 is 1.06 bits per heavy atom. The van der Waals surface area contributed by atoms with Crippen LogP contribution in [-0.4, -0.2) is 42.5 Å². The summed E-state index contributed by atoms with van der Waals surface area (Å²) in [7, 11) is 1.60. The Bertz CT molecular complexity index is 880. The summed E-state index contributed by atoms with van der Waals surface area (Å²) in [5, 5.41) is 3.11. The SMILES string of the molecule is CC[C@H](C(=O)NC1CCCC1)N(Cc1ccc(OC)cc1)C(=O)COc1ccc(F)cc1. The molecule has 1 fully saturated rings. The average Bonchev–Trinajstić information content (AvgIpc) is 3.31. The molecule has 0 radical (unpaired) electrons. The Morgan fingerprint density at radius 2 is 1.69 bits per heavy atom. The molecule has 0 spiro atoms. The second-order valence-corrected chi connectivity index (χ2v) is 8.03. The fourth-order valence-electron chi connectivity index (χ4n) is 3.97. The Hall–Kier alpha value is -3.09. The van der Waals surface area contributed by atoms with Gasteiger partial charge >= 0.3 is 0 Å². The minimum absolute atomic E-state index is 0.136. The van der Waals surface area contributed by atoms with Crippen LogP contribution in [0, 0.1) is 5.82 Å². The van der Waals surface area contributed by atoms with Crippen LogP contribution in [0.5, 0.6) is 11.5 Å². The number of nitrogens with zero attached hydrogens (tertiary/aromatic N) is 1. The third-order valence-corrected chi connectivity index (χ3v) is 5.78. The van der Waals surface area contributed by atoms with Crippen LogP contribution in [0.2, 0.25) is 0 Å². The van der Waals surface area contributed by atoms with Crippen LogP contribution < -0.4 is 14.8 Å². The highest BCUT2D eigenvalue weighted by Crippen LogP contribution is 2.20. The number of carbonyl (C=O) groups excluding carboxylic acids is 2. The van der Waals surface area contributed by atoms with Crippen LogP contribution in [-0.2, 0) is 16.1 Å². The van der Waals surface area contributed by atoms with E-state index < -0.39 is 6.04 Å². The maximum Gasteiger partial charge on any atom is 0.261 e. The number of ether oxygens (including phenoxy) is 2. The number of benzene rings is 2. The number of amides is 2. The van der Waals surface area contributed by atoms with Crippen molar-refractivity contribution in [3.63, 3.8) is 0 Å². The molecule has 1 saturated carbocycles. The van der Waals surface area contributed by atoms with Gasteiger partial charge in [-0.25, -0.2) is 4.39 Å². The Kier molecular flexibility index (Phi) is 8.48. The number of hydrogen-bond donors (Lipinski definition) is 1. The van der Waals surface area contributed by atoms with Gasteiger partial charge in [-0.1, -0.05) is 31.9 Å². The summed E-state index contributed by atoms with van der Waals surface area (Å²) >= 11 is 0. The fourth-order valence-corrected chi connectivity index (χ4v) is 3.97. The zero-order valence-electron chi connectivity index (χ0n) is 18.7. The molecule has 1 aliphatic rings. The summed E-state index contributed by atoms with van der Waals surface area (Å²) < 4.78 is 23.9. The number of halogens is 1. The molecule has 32 heavy (non-hydrogen) atoms. The molecule has 0 aromatic heterocycles. The van der Waals surface area contributed by atoms with E-state index in [1.54, 1.807) is 12.0 Å². The predicted molar refractivity (Wildman–Crippen MR) is 120 cm³/mol. The first-order chi connectivity index (χ1) is 15.5. The predicted octanol–water partition coefficient (Wildman–Crippen LogP) is 4.08. The van der Waals surface area contributed by atoms with E-state index in [-0.39, 0.29) is 36.8 Å². The largest absolute Gasteiger partial charge is 0.497 e. The molecule has 1 N–H and O–H groups in total. The van der Waals surface area contributed by atoms with Crippen molar-refractivity contribution in [1.29, 1.82) is 0 Å². The van der Waals surface area contributed by atoms with Gasteiger partial charge in [0, 0.05) is 12.6 Å². The molecule has 0 unspecified atom stereocenters. The molecular weight excluding hydrogens is 411 g/mol. The molecule has 2 aromatic rings. The van der Waals surface area contributed by atoms with E-state index in [0.29, 0.717) is 12.2 Å². The number of carbonyl (C=O) groups is 2. The van der Waals surface area contributed by atoms with Crippen molar-refractivity contribution in [1.82, 2.24) is 10.2 Å². The van der Waals surface area contributed by atoms with Crippen molar-refractivity contribution in [3.8, 4) is 11.5 Å². The normalized spacial score (nSPS) is 14.6. The third-order valence-electron chi connectivity index (χ3n) is 5.78. The second-order valence-electron chi connectivity index (χ2n) is 8.03. The van der Waals surface area contributed by atoms with Crippen molar-refractivity contribution in [2.75, 3.05) is 13.7 Å². The van der Waals surface area contributed by atoms with Crippen molar-refractivity contribution < 1.29 is 23.5 Å². The van der Waals surface area contributed by atoms with Gasteiger partial charge in [0.15, 0.2) is 6.61 Å². The molecule has 6 nitrogen and oxygen atoms in total. The maximum atomic E-state index is 13.2. The van der Waals surface area contributed by atoms with E-state index in [0.717, 1.165) is 37.0 Å². The quantitative estimate of drug-likeness (QED) is 0.602. The van der Waals surface area contributed by atoms with Crippen LogP contribution in [0.25, 0.3) is 0 Å². The van der Waals surface area contributed by atoms with E-state index in [4.69, 9.17) is 9.47 Å². The number of methoxy groups -OCH3 is 1. The van der Waals surface area contributed by atoms with Gasteiger partial charge in [0.25, 0.3) is 5.91 Å². The molecule has 0 aliphatic heterocycles. The van der Waals surface area contributed by atoms with E-state index in [1.807, 2.05) is 31.2 Å². The van der Waals surface area contributed by atoms with Gasteiger partial charge in [-0.2, -0.15) is 0 Å². The highest BCUT2D eigenvalue weighted by Gasteiger charge is 2.30. The first kappa shape index (κ1) is 23.6. The highest BCUT2D eigenvalue weighted by atomic mass is 19.1. The van der Waals surface area contributed by atoms with Crippen molar-refractivity contribution in [2.24, 2.45) is 0 Å². The Balaban J connectivity index is 1.74. The lowest BCUT2D eigenvalue weighted by molar-refractivity contribution is -0.143. The van der Waals surface area contributed by atoms with Crippen molar-refractivity contribution in [2.45, 2.75) is 57.7 Å². The molecule has 3 rings (SSSR count). The van der Waals surface area contributed by atoms with E-state index in [2.05, 4.69) is 5.32 Å². The van der Waals surface area contributed by atoms with Gasteiger partial charge in [0.05, 0.1) is 7.11 Å². The van der Waals surface area contributed by atoms with Gasteiger partial charge in [-0.3, -0.25) is 9.59 Å². The molecule has 2 amide bonds. The monoisotopic (exact) mass is 442 g/mol. The zero-order chi connectivity index (χ0) is 22.9. The summed E-state index contributed by atoms with van der Waals surface area (Å²) in [6.07, 6.45) is 4.66. The van der Waals surface area contributed by atoms with Gasteiger partial charge in [-0.15, -0.1) is 0 Å². The summed E-state index contributed by atoms with van der Waals surface area (Å²) in [6.45, 7) is 1.93. The number of rotatable bonds is 10. The fraction of sp³-hybridized carbons (Fsp3) is 0.440. The Morgan fingerprint density at radius 3 is 2.28 bits per heavy atom. The molecule has 0 heterocycles. The summed E-state index contributed by atoms with van der Waals surface area (Å²) in [6, 6.07) is 12.5. The summed E-state index contributed by atoms with van der Waals surface area (Å²) in [4.78, 5) is 27.8. The number of hydrogen-bond acceptors (Lipinski definition) is 4. The molecule has 0 saturated heterocycles. The topological polar surface area (TPSA) is 67.9 Å². The molecule has 0 bridgehead atoms. The summed E-state index contributed by atoms with van der Waals surface area (Å²) in [5.74, 6) is 0.297. The zero-order valence-corrected chi connectivity index (χ0v) is 18.7. The van der Waals surface area contributed by atoms with Crippen LogP contribution in [0.15, 0.2) is 48.5 Å². The van der Waals surface area contributed by atoms with Gasteiger partial charge in [-0.05, 0) is 61.2 Å². The lowest BCUT2D eigenvalue weighted by Gasteiger charge is -2.31. The first-order valence-corrected chi connectivity index (χ1v) is 11.1. The molecule has 1 aliphatic carbocycles. The van der Waals surface area contributed by atoms with Crippen LogP contribution in [0.4, 0.5) is 4.39 Å². The van der Waals surface area contributed by atoms with E-state index >= 15 is 0 Å². The maximum absolute atomic E-state index is 13.2. The average molecular weight is 443 g/mol. The molecule has 172 valence electrons. The lowest BCUT2D eigenvalue weighted by Crippen LogP contribution is -2.52. The van der Waals surface area contributed by atoms with Crippen molar-refractivity contribution in [3.05, 3.63) is 59.9 Å². The highest BCUT2D eigenvalue weighted by molar-refractivity contribution is 5.88. The summed E-state index contributed by atoms with van der Waals surface area (Å²) in [5.41, 5.74) is 0.882.